The molecular formula is C21H28N4O2. The first-order valence-corrected chi connectivity index (χ1v) is 9.94. The summed E-state index contributed by atoms with van der Waals surface area (Å²) in [6.45, 7) is 6.46. The molecule has 4 rings (SSSR count). The standard InChI is InChI=1S/C21H28N4O2/c1-14-24(2)19-13-16(4-3-15-9-11-22-12-10-15)5-6-17(19)25(14)18-7-8-20(26)23-21(18)27/h5-6,13,15,18,22H,1,3-4,7-12H2,2H3,(H,23,26,27). The predicted octanol–water partition coefficient (Wildman–Crippen LogP) is 2.15. The van der Waals surface area contributed by atoms with Crippen LogP contribution in [-0.2, 0) is 16.0 Å². The Morgan fingerprint density at radius 2 is 1.93 bits per heavy atom. The van der Waals surface area contributed by atoms with E-state index in [0.717, 1.165) is 42.6 Å². The number of amides is 2. The van der Waals surface area contributed by atoms with E-state index in [2.05, 4.69) is 35.4 Å². The van der Waals surface area contributed by atoms with Gasteiger partial charge in [-0.3, -0.25) is 14.9 Å². The summed E-state index contributed by atoms with van der Waals surface area (Å²) in [4.78, 5) is 27.9. The van der Waals surface area contributed by atoms with Gasteiger partial charge >= 0.3 is 0 Å². The maximum absolute atomic E-state index is 12.4. The van der Waals surface area contributed by atoms with E-state index in [1.807, 2.05) is 16.8 Å². The highest BCUT2D eigenvalue weighted by Gasteiger charge is 2.39. The van der Waals surface area contributed by atoms with Gasteiger partial charge in [0.1, 0.15) is 11.9 Å². The van der Waals surface area contributed by atoms with Crippen molar-refractivity contribution in [1.29, 1.82) is 0 Å². The summed E-state index contributed by atoms with van der Waals surface area (Å²) in [5.74, 6) is 1.17. The van der Waals surface area contributed by atoms with Crippen molar-refractivity contribution in [2.75, 3.05) is 29.9 Å². The summed E-state index contributed by atoms with van der Waals surface area (Å²) in [6, 6.07) is 6.13. The summed E-state index contributed by atoms with van der Waals surface area (Å²) in [7, 11) is 1.99. The SMILES string of the molecule is C=C1N(C)c2cc(CCC3CCNCC3)ccc2N1C1CCC(=O)NC1=O. The average molecular weight is 368 g/mol. The number of carbonyl (C=O) groups excluding carboxylic acids is 2. The molecule has 6 heteroatoms. The largest absolute Gasteiger partial charge is 0.330 e. The Labute approximate surface area is 160 Å². The molecule has 144 valence electrons. The molecule has 3 aliphatic heterocycles. The van der Waals surface area contributed by atoms with Crippen molar-refractivity contribution in [3.8, 4) is 0 Å². The molecule has 1 atom stereocenters. The Hall–Kier alpha value is -2.34. The Bertz CT molecular complexity index is 769. The molecule has 0 radical (unpaired) electrons. The molecule has 2 saturated heterocycles. The third-order valence-electron chi connectivity index (χ3n) is 6.15. The van der Waals surface area contributed by atoms with Crippen LogP contribution in [0.25, 0.3) is 0 Å². The fraction of sp³-hybridized carbons (Fsp3) is 0.524. The van der Waals surface area contributed by atoms with E-state index in [0.29, 0.717) is 12.8 Å². The highest BCUT2D eigenvalue weighted by molar-refractivity contribution is 6.03. The fourth-order valence-corrected chi connectivity index (χ4v) is 4.45. The van der Waals surface area contributed by atoms with Crippen molar-refractivity contribution in [3.05, 3.63) is 36.2 Å². The smallest absolute Gasteiger partial charge is 0.249 e. The van der Waals surface area contributed by atoms with Crippen molar-refractivity contribution in [1.82, 2.24) is 10.6 Å². The molecule has 0 aromatic heterocycles. The van der Waals surface area contributed by atoms with E-state index < -0.39 is 0 Å². The van der Waals surface area contributed by atoms with Gasteiger partial charge in [0, 0.05) is 13.5 Å². The molecule has 1 aromatic rings. The molecule has 1 unspecified atom stereocenters. The molecule has 2 N–H and O–H groups in total. The van der Waals surface area contributed by atoms with Crippen molar-refractivity contribution < 1.29 is 9.59 Å². The number of carbonyl (C=O) groups is 2. The number of benzene rings is 1. The number of fused-ring (bicyclic) bond motifs is 1. The van der Waals surface area contributed by atoms with Gasteiger partial charge in [-0.15, -0.1) is 0 Å². The lowest BCUT2D eigenvalue weighted by Gasteiger charge is -2.32. The van der Waals surface area contributed by atoms with Crippen LogP contribution in [0.15, 0.2) is 30.6 Å². The van der Waals surface area contributed by atoms with E-state index in [1.165, 1.54) is 24.8 Å². The Balaban J connectivity index is 1.51. The van der Waals surface area contributed by atoms with Crippen LogP contribution in [0.2, 0.25) is 0 Å². The maximum atomic E-state index is 12.4. The first-order valence-electron chi connectivity index (χ1n) is 9.94. The van der Waals surface area contributed by atoms with Crippen LogP contribution in [-0.4, -0.2) is 38.0 Å². The number of imide groups is 1. The van der Waals surface area contributed by atoms with Gasteiger partial charge in [0.05, 0.1) is 11.4 Å². The van der Waals surface area contributed by atoms with Crippen LogP contribution >= 0.6 is 0 Å². The van der Waals surface area contributed by atoms with Gasteiger partial charge in [-0.05, 0) is 68.8 Å². The van der Waals surface area contributed by atoms with Gasteiger partial charge in [0.25, 0.3) is 0 Å². The van der Waals surface area contributed by atoms with Gasteiger partial charge in [-0.1, -0.05) is 12.6 Å². The van der Waals surface area contributed by atoms with Crippen LogP contribution < -0.4 is 20.4 Å². The second kappa shape index (κ2) is 7.35. The van der Waals surface area contributed by atoms with Crippen molar-refractivity contribution in [3.63, 3.8) is 0 Å². The topological polar surface area (TPSA) is 64.7 Å². The first-order chi connectivity index (χ1) is 13.0. The summed E-state index contributed by atoms with van der Waals surface area (Å²) in [5.41, 5.74) is 3.42. The molecule has 3 aliphatic rings. The molecule has 0 spiro atoms. The number of nitrogens with one attached hydrogen (secondary N) is 2. The molecule has 2 amide bonds. The normalized spacial score (nSPS) is 23.6. The van der Waals surface area contributed by atoms with Crippen molar-refractivity contribution in [2.45, 2.75) is 44.6 Å². The molecule has 2 fully saturated rings. The molecule has 27 heavy (non-hydrogen) atoms. The van der Waals surface area contributed by atoms with Gasteiger partial charge in [0.15, 0.2) is 0 Å². The molecule has 1 aromatic carbocycles. The van der Waals surface area contributed by atoms with Crippen LogP contribution in [0.3, 0.4) is 0 Å². The Morgan fingerprint density at radius 1 is 1.15 bits per heavy atom. The minimum absolute atomic E-state index is 0.192. The fourth-order valence-electron chi connectivity index (χ4n) is 4.45. The zero-order valence-electron chi connectivity index (χ0n) is 16.0. The quantitative estimate of drug-likeness (QED) is 0.798. The summed E-state index contributed by atoms with van der Waals surface area (Å²) < 4.78 is 0. The second-order valence-corrected chi connectivity index (χ2v) is 7.87. The third-order valence-corrected chi connectivity index (χ3v) is 6.15. The van der Waals surface area contributed by atoms with Crippen LogP contribution in [0, 0.1) is 5.92 Å². The number of piperidine rings is 2. The van der Waals surface area contributed by atoms with Crippen LogP contribution in [0.1, 0.15) is 37.7 Å². The molecule has 3 heterocycles. The molecule has 6 nitrogen and oxygen atoms in total. The minimum Gasteiger partial charge on any atom is -0.330 e. The molecule has 0 saturated carbocycles. The Kier molecular flexibility index (Phi) is 4.91. The summed E-state index contributed by atoms with van der Waals surface area (Å²) in [6.07, 6.45) is 5.73. The van der Waals surface area contributed by atoms with E-state index >= 15 is 0 Å². The lowest BCUT2D eigenvalue weighted by Crippen LogP contribution is -2.52. The van der Waals surface area contributed by atoms with E-state index in [-0.39, 0.29) is 17.9 Å². The zero-order valence-corrected chi connectivity index (χ0v) is 16.0. The number of rotatable bonds is 4. The third kappa shape index (κ3) is 3.46. The van der Waals surface area contributed by atoms with Gasteiger partial charge < -0.3 is 15.1 Å². The van der Waals surface area contributed by atoms with Crippen molar-refractivity contribution in [2.24, 2.45) is 5.92 Å². The predicted molar refractivity (Wildman–Crippen MR) is 107 cm³/mol. The van der Waals surface area contributed by atoms with Gasteiger partial charge in [-0.2, -0.15) is 0 Å². The number of nitrogens with zero attached hydrogens (tertiary/aromatic N) is 2. The molecule has 0 bridgehead atoms. The minimum atomic E-state index is -0.375. The monoisotopic (exact) mass is 368 g/mol. The molecular weight excluding hydrogens is 340 g/mol. The van der Waals surface area contributed by atoms with Gasteiger partial charge in [0.2, 0.25) is 11.8 Å². The average Bonchev–Trinajstić information content (AvgIpc) is 2.92. The summed E-state index contributed by atoms with van der Waals surface area (Å²) in [5, 5.41) is 5.88. The first kappa shape index (κ1) is 18.0. The van der Waals surface area contributed by atoms with Gasteiger partial charge in [-0.25, -0.2) is 0 Å². The number of hydrogen-bond acceptors (Lipinski definition) is 5. The number of anilines is 2. The second-order valence-electron chi connectivity index (χ2n) is 7.87. The number of hydrogen-bond donors (Lipinski definition) is 2. The van der Waals surface area contributed by atoms with Crippen LogP contribution in [0.4, 0.5) is 11.4 Å². The highest BCUT2D eigenvalue weighted by atomic mass is 16.2. The highest BCUT2D eigenvalue weighted by Crippen LogP contribution is 2.43. The van der Waals surface area contributed by atoms with Crippen LogP contribution in [0.5, 0.6) is 0 Å². The maximum Gasteiger partial charge on any atom is 0.249 e. The Morgan fingerprint density at radius 3 is 2.67 bits per heavy atom. The zero-order chi connectivity index (χ0) is 19.0. The lowest BCUT2D eigenvalue weighted by atomic mass is 9.91. The molecule has 0 aliphatic carbocycles. The lowest BCUT2D eigenvalue weighted by molar-refractivity contribution is -0.134. The van der Waals surface area contributed by atoms with E-state index in [1.54, 1.807) is 0 Å². The van der Waals surface area contributed by atoms with E-state index in [4.69, 9.17) is 0 Å². The number of aryl methyl sites for hydroxylation is 1. The van der Waals surface area contributed by atoms with Crippen molar-refractivity contribution >= 4 is 23.2 Å². The van der Waals surface area contributed by atoms with E-state index in [9.17, 15) is 9.59 Å². The summed E-state index contributed by atoms with van der Waals surface area (Å²) >= 11 is 0.